The van der Waals surface area contributed by atoms with Gasteiger partial charge in [0.25, 0.3) is 0 Å². The van der Waals surface area contributed by atoms with Crippen molar-refractivity contribution in [3.8, 4) is 0 Å². The standard InChI is InChI=1S/C16H22F2O2/c1-2-20-16(11-7-4-3-5-8-11)15(19)12-9-6-10-13(17)14(12)18/h6,9-11,15-16,19H,2-5,7-8H2,1H3. The topological polar surface area (TPSA) is 29.5 Å². The molecule has 0 aliphatic heterocycles. The Morgan fingerprint density at radius 1 is 1.25 bits per heavy atom. The molecule has 1 aromatic rings. The fraction of sp³-hybridized carbons (Fsp3) is 0.625. The zero-order chi connectivity index (χ0) is 14.5. The van der Waals surface area contributed by atoms with Crippen LogP contribution in [0.5, 0.6) is 0 Å². The van der Waals surface area contributed by atoms with E-state index in [1.54, 1.807) is 0 Å². The molecule has 1 aromatic carbocycles. The lowest BCUT2D eigenvalue weighted by atomic mass is 9.81. The molecule has 2 atom stereocenters. The highest BCUT2D eigenvalue weighted by atomic mass is 19.2. The van der Waals surface area contributed by atoms with Crippen LogP contribution in [-0.2, 0) is 4.74 Å². The van der Waals surface area contributed by atoms with Gasteiger partial charge in [-0.2, -0.15) is 0 Å². The van der Waals surface area contributed by atoms with Gasteiger partial charge in [-0.3, -0.25) is 0 Å². The zero-order valence-electron chi connectivity index (χ0n) is 11.8. The normalized spacial score (nSPS) is 19.8. The molecule has 112 valence electrons. The molecule has 2 nitrogen and oxygen atoms in total. The lowest BCUT2D eigenvalue weighted by Crippen LogP contribution is -2.33. The van der Waals surface area contributed by atoms with Crippen LogP contribution in [0, 0.1) is 17.6 Å². The van der Waals surface area contributed by atoms with Gasteiger partial charge in [-0.15, -0.1) is 0 Å². The van der Waals surface area contributed by atoms with Gasteiger partial charge in [0, 0.05) is 12.2 Å². The molecular formula is C16H22F2O2. The van der Waals surface area contributed by atoms with E-state index in [9.17, 15) is 13.9 Å². The van der Waals surface area contributed by atoms with E-state index in [0.29, 0.717) is 6.61 Å². The van der Waals surface area contributed by atoms with Gasteiger partial charge >= 0.3 is 0 Å². The maximum atomic E-state index is 13.8. The van der Waals surface area contributed by atoms with E-state index in [-0.39, 0.29) is 11.5 Å². The second-order valence-corrected chi connectivity index (χ2v) is 5.41. The number of aliphatic hydroxyl groups is 1. The Bertz CT molecular complexity index is 430. The molecule has 1 aliphatic carbocycles. The van der Waals surface area contributed by atoms with Gasteiger partial charge in [0.2, 0.25) is 0 Å². The van der Waals surface area contributed by atoms with Gasteiger partial charge in [-0.05, 0) is 31.7 Å². The summed E-state index contributed by atoms with van der Waals surface area (Å²) >= 11 is 0. The summed E-state index contributed by atoms with van der Waals surface area (Å²) in [6.07, 6.45) is 3.77. The summed E-state index contributed by atoms with van der Waals surface area (Å²) in [6, 6.07) is 3.90. The van der Waals surface area contributed by atoms with Crippen LogP contribution < -0.4 is 0 Å². The minimum atomic E-state index is -1.12. The molecule has 0 spiro atoms. The molecule has 4 heteroatoms. The number of hydrogen-bond donors (Lipinski definition) is 1. The SMILES string of the molecule is CCOC(C1CCCCC1)C(O)c1cccc(F)c1F. The van der Waals surface area contributed by atoms with Crippen molar-refractivity contribution < 1.29 is 18.6 Å². The second kappa shape index (κ2) is 7.14. The molecular weight excluding hydrogens is 262 g/mol. The molecule has 1 N–H and O–H groups in total. The molecule has 1 aliphatic rings. The quantitative estimate of drug-likeness (QED) is 0.886. The summed E-state index contributed by atoms with van der Waals surface area (Å²) in [4.78, 5) is 0. The van der Waals surface area contributed by atoms with E-state index in [0.717, 1.165) is 31.7 Å². The minimum Gasteiger partial charge on any atom is -0.386 e. The Kier molecular flexibility index (Phi) is 5.49. The van der Waals surface area contributed by atoms with E-state index in [2.05, 4.69) is 0 Å². The van der Waals surface area contributed by atoms with Crippen LogP contribution in [0.3, 0.4) is 0 Å². The van der Waals surface area contributed by atoms with Crippen LogP contribution in [0.4, 0.5) is 8.78 Å². The molecule has 1 fully saturated rings. The third-order valence-electron chi connectivity index (χ3n) is 4.08. The summed E-state index contributed by atoms with van der Waals surface area (Å²) < 4.78 is 32.8. The van der Waals surface area contributed by atoms with Gasteiger partial charge in [0.05, 0.1) is 6.10 Å². The lowest BCUT2D eigenvalue weighted by Gasteiger charge is -2.33. The van der Waals surface area contributed by atoms with Crippen LogP contribution in [0.2, 0.25) is 0 Å². The summed E-state index contributed by atoms with van der Waals surface area (Å²) in [5.41, 5.74) is -0.00553. The number of aliphatic hydroxyl groups excluding tert-OH is 1. The van der Waals surface area contributed by atoms with Crippen LogP contribution >= 0.6 is 0 Å². The number of halogens is 2. The second-order valence-electron chi connectivity index (χ2n) is 5.41. The first-order valence-corrected chi connectivity index (χ1v) is 7.38. The Hall–Kier alpha value is -1.00. The predicted molar refractivity (Wildman–Crippen MR) is 73.3 cm³/mol. The molecule has 0 saturated heterocycles. The molecule has 2 unspecified atom stereocenters. The highest BCUT2D eigenvalue weighted by Crippen LogP contribution is 2.35. The average molecular weight is 284 g/mol. The fourth-order valence-corrected chi connectivity index (χ4v) is 3.07. The molecule has 1 saturated carbocycles. The largest absolute Gasteiger partial charge is 0.386 e. The van der Waals surface area contributed by atoms with Crippen molar-refractivity contribution in [1.29, 1.82) is 0 Å². The van der Waals surface area contributed by atoms with Crippen molar-refractivity contribution in [3.63, 3.8) is 0 Å². The Morgan fingerprint density at radius 3 is 2.60 bits per heavy atom. The van der Waals surface area contributed by atoms with Crippen molar-refractivity contribution in [3.05, 3.63) is 35.4 Å². The number of rotatable bonds is 5. The van der Waals surface area contributed by atoms with Gasteiger partial charge in [0.15, 0.2) is 11.6 Å². The van der Waals surface area contributed by atoms with Gasteiger partial charge < -0.3 is 9.84 Å². The summed E-state index contributed by atoms with van der Waals surface area (Å²) in [5, 5.41) is 10.4. The van der Waals surface area contributed by atoms with Crippen LogP contribution in [0.15, 0.2) is 18.2 Å². The Balaban J connectivity index is 2.21. The highest BCUT2D eigenvalue weighted by molar-refractivity contribution is 5.22. The monoisotopic (exact) mass is 284 g/mol. The molecule has 0 amide bonds. The highest BCUT2D eigenvalue weighted by Gasteiger charge is 2.32. The van der Waals surface area contributed by atoms with E-state index in [4.69, 9.17) is 4.74 Å². The van der Waals surface area contributed by atoms with E-state index in [1.165, 1.54) is 18.6 Å². The first-order valence-electron chi connectivity index (χ1n) is 7.38. The third kappa shape index (κ3) is 3.36. The summed E-state index contributed by atoms with van der Waals surface area (Å²) in [6.45, 7) is 2.31. The summed E-state index contributed by atoms with van der Waals surface area (Å²) in [5.74, 6) is -1.69. The molecule has 0 bridgehead atoms. The molecule has 0 radical (unpaired) electrons. The molecule has 20 heavy (non-hydrogen) atoms. The van der Waals surface area contributed by atoms with Crippen molar-refractivity contribution in [2.24, 2.45) is 5.92 Å². The number of hydrogen-bond acceptors (Lipinski definition) is 2. The Morgan fingerprint density at radius 2 is 1.95 bits per heavy atom. The number of ether oxygens (including phenoxy) is 1. The van der Waals surface area contributed by atoms with Gasteiger partial charge in [-0.1, -0.05) is 31.4 Å². The molecule has 2 rings (SSSR count). The van der Waals surface area contributed by atoms with Crippen molar-refractivity contribution in [2.75, 3.05) is 6.61 Å². The van der Waals surface area contributed by atoms with Crippen molar-refractivity contribution in [1.82, 2.24) is 0 Å². The van der Waals surface area contributed by atoms with Gasteiger partial charge in [0.1, 0.15) is 6.10 Å². The first-order chi connectivity index (χ1) is 9.65. The zero-order valence-corrected chi connectivity index (χ0v) is 11.8. The van der Waals surface area contributed by atoms with Crippen LogP contribution in [0.25, 0.3) is 0 Å². The minimum absolute atomic E-state index is 0.00553. The number of benzene rings is 1. The average Bonchev–Trinajstić information content (AvgIpc) is 2.48. The molecule has 0 heterocycles. The maximum Gasteiger partial charge on any atom is 0.164 e. The third-order valence-corrected chi connectivity index (χ3v) is 4.08. The predicted octanol–water partition coefficient (Wildman–Crippen LogP) is 3.98. The van der Waals surface area contributed by atoms with E-state index < -0.39 is 23.8 Å². The van der Waals surface area contributed by atoms with Crippen molar-refractivity contribution >= 4 is 0 Å². The van der Waals surface area contributed by atoms with Gasteiger partial charge in [-0.25, -0.2) is 8.78 Å². The first kappa shape index (κ1) is 15.4. The Labute approximate surface area is 118 Å². The van der Waals surface area contributed by atoms with Crippen LogP contribution in [0.1, 0.15) is 50.7 Å². The fourth-order valence-electron chi connectivity index (χ4n) is 3.07. The summed E-state index contributed by atoms with van der Waals surface area (Å²) in [7, 11) is 0. The van der Waals surface area contributed by atoms with E-state index >= 15 is 0 Å². The maximum absolute atomic E-state index is 13.8. The van der Waals surface area contributed by atoms with Crippen molar-refractivity contribution in [2.45, 2.75) is 51.2 Å². The smallest absolute Gasteiger partial charge is 0.164 e. The van der Waals surface area contributed by atoms with E-state index in [1.807, 2.05) is 6.92 Å². The molecule has 0 aromatic heterocycles. The lowest BCUT2D eigenvalue weighted by molar-refractivity contribution is -0.0751. The van der Waals surface area contributed by atoms with Crippen LogP contribution in [-0.4, -0.2) is 17.8 Å².